The Hall–Kier alpha value is -0.440. The zero-order valence-electron chi connectivity index (χ0n) is 9.78. The molecular weight excluding hydrogens is 245 g/mol. The van der Waals surface area contributed by atoms with E-state index < -0.39 is 4.46 Å². The molecule has 0 aliphatic carbocycles. The Morgan fingerprint density at radius 1 is 1.31 bits per heavy atom. The number of ether oxygens (including phenoxy) is 1. The van der Waals surface area contributed by atoms with Gasteiger partial charge in [0.15, 0.2) is 10.7 Å². The largest absolute Gasteiger partial charge is 0.475 e. The highest BCUT2D eigenvalue weighted by Crippen LogP contribution is 2.28. The molecular formula is C12H17Cl2NO. The van der Waals surface area contributed by atoms with Crippen LogP contribution in [0.15, 0.2) is 30.3 Å². The number of benzene rings is 1. The lowest BCUT2D eigenvalue weighted by molar-refractivity contribution is 0.0259. The summed E-state index contributed by atoms with van der Waals surface area (Å²) in [5.41, 5.74) is 0. The minimum atomic E-state index is -0.928. The van der Waals surface area contributed by atoms with E-state index in [1.54, 1.807) is 6.92 Å². The van der Waals surface area contributed by atoms with Crippen molar-refractivity contribution < 1.29 is 4.74 Å². The molecule has 1 atom stereocenters. The van der Waals surface area contributed by atoms with Gasteiger partial charge in [-0.05, 0) is 26.0 Å². The van der Waals surface area contributed by atoms with Crippen LogP contribution in [0.2, 0.25) is 0 Å². The second kappa shape index (κ2) is 5.76. The van der Waals surface area contributed by atoms with Crippen LogP contribution in [0.25, 0.3) is 0 Å². The number of rotatable bonds is 5. The van der Waals surface area contributed by atoms with Gasteiger partial charge in [0.25, 0.3) is 0 Å². The van der Waals surface area contributed by atoms with Crippen LogP contribution in [0.1, 0.15) is 20.8 Å². The second-order valence-corrected chi connectivity index (χ2v) is 5.32. The molecule has 0 aliphatic rings. The van der Waals surface area contributed by atoms with Gasteiger partial charge in [-0.3, -0.25) is 0 Å². The van der Waals surface area contributed by atoms with Gasteiger partial charge in [0.05, 0.1) is 0 Å². The highest BCUT2D eigenvalue weighted by Gasteiger charge is 2.30. The molecule has 0 fully saturated rings. The smallest absolute Gasteiger partial charge is 0.171 e. The fraction of sp³-hybridized carbons (Fsp3) is 0.500. The summed E-state index contributed by atoms with van der Waals surface area (Å²) in [5, 5.41) is 0. The van der Waals surface area contributed by atoms with E-state index in [1.807, 2.05) is 49.1 Å². The topological polar surface area (TPSA) is 12.5 Å². The molecule has 0 heterocycles. The lowest BCUT2D eigenvalue weighted by atomic mass is 10.3. The molecule has 2 nitrogen and oxygen atoms in total. The summed E-state index contributed by atoms with van der Waals surface area (Å²) in [6, 6.07) is 9.62. The van der Waals surface area contributed by atoms with Gasteiger partial charge in [0.1, 0.15) is 5.75 Å². The van der Waals surface area contributed by atoms with Gasteiger partial charge in [-0.2, -0.15) is 0 Å². The first-order valence-corrected chi connectivity index (χ1v) is 6.07. The van der Waals surface area contributed by atoms with Crippen LogP contribution >= 0.6 is 23.2 Å². The minimum absolute atomic E-state index is 0.174. The zero-order chi connectivity index (χ0) is 12.2. The molecule has 0 spiro atoms. The van der Waals surface area contributed by atoms with Crippen LogP contribution in [0.4, 0.5) is 0 Å². The number of hydrogen-bond donors (Lipinski definition) is 0. The minimum Gasteiger partial charge on any atom is -0.475 e. The van der Waals surface area contributed by atoms with Crippen molar-refractivity contribution in [1.29, 1.82) is 0 Å². The Morgan fingerprint density at radius 3 is 2.31 bits per heavy atom. The maximum atomic E-state index is 6.07. The molecule has 0 radical (unpaired) electrons. The van der Waals surface area contributed by atoms with Gasteiger partial charge in [0.2, 0.25) is 0 Å². The number of para-hydroxylation sites is 1. The Bertz CT molecular complexity index is 311. The molecule has 0 bridgehead atoms. The third-order valence-electron chi connectivity index (χ3n) is 2.33. The van der Waals surface area contributed by atoms with Crippen LogP contribution in [0.5, 0.6) is 5.75 Å². The normalized spacial score (nSPS) is 13.9. The molecule has 0 N–H and O–H groups in total. The molecule has 90 valence electrons. The van der Waals surface area contributed by atoms with Crippen molar-refractivity contribution in [2.45, 2.75) is 31.5 Å². The molecule has 1 aromatic carbocycles. The average Bonchev–Trinajstić information content (AvgIpc) is 2.17. The molecule has 0 saturated carbocycles. The molecule has 0 amide bonds. The van der Waals surface area contributed by atoms with E-state index in [0.717, 1.165) is 12.3 Å². The van der Waals surface area contributed by atoms with Crippen molar-refractivity contribution in [2.24, 2.45) is 0 Å². The van der Waals surface area contributed by atoms with Crippen molar-refractivity contribution in [3.63, 3.8) is 0 Å². The van der Waals surface area contributed by atoms with E-state index in [1.165, 1.54) is 0 Å². The van der Waals surface area contributed by atoms with Crippen LogP contribution in [-0.2, 0) is 0 Å². The first-order chi connectivity index (χ1) is 7.45. The maximum absolute atomic E-state index is 6.07. The van der Waals surface area contributed by atoms with Crippen molar-refractivity contribution in [2.75, 3.05) is 6.54 Å². The predicted molar refractivity (Wildman–Crippen MR) is 69.0 cm³/mol. The highest BCUT2D eigenvalue weighted by atomic mass is 35.5. The van der Waals surface area contributed by atoms with Gasteiger partial charge < -0.3 is 4.74 Å². The van der Waals surface area contributed by atoms with Gasteiger partial charge in [0, 0.05) is 6.54 Å². The van der Waals surface area contributed by atoms with Crippen molar-refractivity contribution in [1.82, 2.24) is 4.90 Å². The van der Waals surface area contributed by atoms with Crippen molar-refractivity contribution in [3.05, 3.63) is 30.3 Å². The fourth-order valence-electron chi connectivity index (χ4n) is 1.61. The number of halogens is 2. The van der Waals surface area contributed by atoms with E-state index >= 15 is 0 Å². The SMILES string of the molecule is CCN(C(C)Oc1ccccc1)C(C)(Cl)Cl. The molecule has 4 heteroatoms. The lowest BCUT2D eigenvalue weighted by Crippen LogP contribution is -2.46. The predicted octanol–water partition coefficient (Wildman–Crippen LogP) is 3.88. The van der Waals surface area contributed by atoms with E-state index in [0.29, 0.717) is 0 Å². The summed E-state index contributed by atoms with van der Waals surface area (Å²) in [5.74, 6) is 0.811. The molecule has 0 aliphatic heterocycles. The molecule has 1 unspecified atom stereocenters. The Morgan fingerprint density at radius 2 is 1.88 bits per heavy atom. The van der Waals surface area contributed by atoms with E-state index in [4.69, 9.17) is 27.9 Å². The van der Waals surface area contributed by atoms with Gasteiger partial charge in [-0.15, -0.1) is 0 Å². The Balaban J connectivity index is 2.67. The molecule has 1 aromatic rings. The Labute approximate surface area is 107 Å². The molecule has 1 rings (SSSR count). The lowest BCUT2D eigenvalue weighted by Gasteiger charge is -2.35. The standard InChI is InChI=1S/C12H17Cl2NO/c1-4-15(12(3,13)14)10(2)16-11-8-6-5-7-9-11/h5-10H,4H2,1-3H3. The van der Waals surface area contributed by atoms with E-state index in [9.17, 15) is 0 Å². The van der Waals surface area contributed by atoms with E-state index in [-0.39, 0.29) is 6.23 Å². The van der Waals surface area contributed by atoms with E-state index in [2.05, 4.69) is 0 Å². The van der Waals surface area contributed by atoms with Gasteiger partial charge >= 0.3 is 0 Å². The number of alkyl halides is 2. The molecule has 16 heavy (non-hydrogen) atoms. The number of hydrogen-bond acceptors (Lipinski definition) is 2. The first-order valence-electron chi connectivity index (χ1n) is 5.31. The summed E-state index contributed by atoms with van der Waals surface area (Å²) in [6.07, 6.45) is -0.174. The average molecular weight is 262 g/mol. The summed E-state index contributed by atoms with van der Waals surface area (Å²) in [6.45, 7) is 6.38. The maximum Gasteiger partial charge on any atom is 0.171 e. The van der Waals surface area contributed by atoms with Gasteiger partial charge in [-0.1, -0.05) is 48.3 Å². The highest BCUT2D eigenvalue weighted by molar-refractivity contribution is 6.47. The molecule has 0 aromatic heterocycles. The van der Waals surface area contributed by atoms with Crippen LogP contribution in [0, 0.1) is 0 Å². The van der Waals surface area contributed by atoms with Crippen molar-refractivity contribution >= 4 is 23.2 Å². The third kappa shape index (κ3) is 3.85. The number of nitrogens with zero attached hydrogens (tertiary/aromatic N) is 1. The third-order valence-corrected chi connectivity index (χ3v) is 2.77. The van der Waals surface area contributed by atoms with Crippen LogP contribution in [-0.4, -0.2) is 22.1 Å². The quantitative estimate of drug-likeness (QED) is 0.453. The summed E-state index contributed by atoms with van der Waals surface area (Å²) in [4.78, 5) is 1.86. The summed E-state index contributed by atoms with van der Waals surface area (Å²) in [7, 11) is 0. The second-order valence-electron chi connectivity index (χ2n) is 3.66. The Kier molecular flexibility index (Phi) is 4.90. The van der Waals surface area contributed by atoms with Crippen LogP contribution < -0.4 is 4.74 Å². The van der Waals surface area contributed by atoms with Crippen LogP contribution in [0.3, 0.4) is 0 Å². The monoisotopic (exact) mass is 261 g/mol. The first kappa shape index (κ1) is 13.6. The summed E-state index contributed by atoms with van der Waals surface area (Å²) >= 11 is 12.1. The van der Waals surface area contributed by atoms with Gasteiger partial charge in [-0.25, -0.2) is 4.90 Å². The van der Waals surface area contributed by atoms with Crippen molar-refractivity contribution in [3.8, 4) is 5.75 Å². The zero-order valence-corrected chi connectivity index (χ0v) is 11.3. The molecule has 0 saturated heterocycles. The fourth-order valence-corrected chi connectivity index (χ4v) is 2.13. The summed E-state index contributed by atoms with van der Waals surface area (Å²) < 4.78 is 4.82.